The van der Waals surface area contributed by atoms with E-state index in [0.717, 1.165) is 6.42 Å². The lowest BCUT2D eigenvalue weighted by Gasteiger charge is -2.47. The Morgan fingerprint density at radius 1 is 1.50 bits per heavy atom. The molecule has 2 aliphatic rings. The summed E-state index contributed by atoms with van der Waals surface area (Å²) in [6.45, 7) is 7.48. The van der Waals surface area contributed by atoms with E-state index in [2.05, 4.69) is 5.32 Å². The molecular formula is C11H20N2O3. The fourth-order valence-electron chi connectivity index (χ4n) is 2.31. The molecule has 1 atom stereocenters. The van der Waals surface area contributed by atoms with Crippen LogP contribution in [0.3, 0.4) is 0 Å². The Kier molecular flexibility index (Phi) is 2.62. The van der Waals surface area contributed by atoms with Gasteiger partial charge >= 0.3 is 6.09 Å². The summed E-state index contributed by atoms with van der Waals surface area (Å²) in [5.41, 5.74) is -0.501. The van der Waals surface area contributed by atoms with E-state index in [-0.39, 0.29) is 17.7 Å². The molecule has 0 aromatic carbocycles. The average molecular weight is 228 g/mol. The van der Waals surface area contributed by atoms with Crippen LogP contribution in [0, 0.1) is 0 Å². The van der Waals surface area contributed by atoms with E-state index in [1.807, 2.05) is 20.8 Å². The summed E-state index contributed by atoms with van der Waals surface area (Å²) >= 11 is 0. The molecular weight excluding hydrogens is 208 g/mol. The van der Waals surface area contributed by atoms with Crippen molar-refractivity contribution in [2.24, 2.45) is 0 Å². The molecule has 5 nitrogen and oxygen atoms in total. The van der Waals surface area contributed by atoms with Gasteiger partial charge in [-0.3, -0.25) is 0 Å². The van der Waals surface area contributed by atoms with E-state index < -0.39 is 5.60 Å². The predicted octanol–water partition coefficient (Wildman–Crippen LogP) is 0.330. The number of ether oxygens (including phenoxy) is 1. The number of rotatable bonds is 0. The molecule has 0 saturated carbocycles. The van der Waals surface area contributed by atoms with E-state index in [4.69, 9.17) is 4.74 Å². The molecule has 0 aromatic rings. The lowest BCUT2D eigenvalue weighted by molar-refractivity contribution is -0.0144. The highest BCUT2D eigenvalue weighted by Gasteiger charge is 2.50. The van der Waals surface area contributed by atoms with Crippen molar-refractivity contribution in [1.29, 1.82) is 0 Å². The number of carbonyl (C=O) groups is 1. The first-order valence-electron chi connectivity index (χ1n) is 5.71. The minimum Gasteiger partial charge on any atom is -0.444 e. The summed E-state index contributed by atoms with van der Waals surface area (Å²) in [6, 6.07) is 0. The summed E-state index contributed by atoms with van der Waals surface area (Å²) in [7, 11) is 0. The number of carbonyl (C=O) groups excluding carboxylic acids is 1. The van der Waals surface area contributed by atoms with Gasteiger partial charge in [0.2, 0.25) is 0 Å². The molecule has 92 valence electrons. The van der Waals surface area contributed by atoms with Gasteiger partial charge in [0.25, 0.3) is 0 Å². The van der Waals surface area contributed by atoms with Gasteiger partial charge in [0.15, 0.2) is 0 Å². The smallest absolute Gasteiger partial charge is 0.410 e. The lowest BCUT2D eigenvalue weighted by Crippen LogP contribution is -2.68. The van der Waals surface area contributed by atoms with Gasteiger partial charge < -0.3 is 20.1 Å². The van der Waals surface area contributed by atoms with Crippen molar-refractivity contribution in [2.75, 3.05) is 19.6 Å². The Balaban J connectivity index is 1.82. The quantitative estimate of drug-likeness (QED) is 0.627. The third-order valence-corrected chi connectivity index (χ3v) is 2.98. The number of amides is 1. The van der Waals surface area contributed by atoms with Crippen LogP contribution in [-0.2, 0) is 4.74 Å². The number of likely N-dealkylation sites (tertiary alicyclic amines) is 1. The minimum absolute atomic E-state index is 0.0592. The Morgan fingerprint density at radius 3 is 2.56 bits per heavy atom. The third-order valence-electron chi connectivity index (χ3n) is 2.98. The number of hydrogen-bond donors (Lipinski definition) is 2. The summed E-state index contributed by atoms with van der Waals surface area (Å²) in [4.78, 5) is 13.4. The van der Waals surface area contributed by atoms with E-state index >= 15 is 0 Å². The number of aliphatic hydroxyl groups excluding tert-OH is 1. The normalized spacial score (nSPS) is 28.0. The third kappa shape index (κ3) is 2.30. The van der Waals surface area contributed by atoms with Crippen LogP contribution in [-0.4, -0.2) is 53.0 Å². The molecule has 2 fully saturated rings. The van der Waals surface area contributed by atoms with Gasteiger partial charge in [-0.1, -0.05) is 0 Å². The molecule has 0 aromatic heterocycles. The van der Waals surface area contributed by atoms with Gasteiger partial charge in [-0.25, -0.2) is 4.79 Å². The van der Waals surface area contributed by atoms with Crippen molar-refractivity contribution in [3.63, 3.8) is 0 Å². The van der Waals surface area contributed by atoms with Crippen molar-refractivity contribution in [3.8, 4) is 0 Å². The van der Waals surface area contributed by atoms with Crippen molar-refractivity contribution < 1.29 is 14.6 Å². The predicted molar refractivity (Wildman–Crippen MR) is 59.2 cm³/mol. The number of aliphatic hydroxyl groups is 1. The van der Waals surface area contributed by atoms with Gasteiger partial charge in [0.1, 0.15) is 5.60 Å². The Morgan fingerprint density at radius 2 is 2.12 bits per heavy atom. The van der Waals surface area contributed by atoms with Gasteiger partial charge in [-0.15, -0.1) is 0 Å². The molecule has 1 spiro atoms. The molecule has 16 heavy (non-hydrogen) atoms. The van der Waals surface area contributed by atoms with Crippen molar-refractivity contribution in [3.05, 3.63) is 0 Å². The number of hydrogen-bond acceptors (Lipinski definition) is 4. The summed E-state index contributed by atoms with van der Waals surface area (Å²) < 4.78 is 5.27. The lowest BCUT2D eigenvalue weighted by atomic mass is 9.88. The van der Waals surface area contributed by atoms with Crippen molar-refractivity contribution in [1.82, 2.24) is 10.2 Å². The van der Waals surface area contributed by atoms with Gasteiger partial charge in [0.05, 0.1) is 11.6 Å². The molecule has 2 saturated heterocycles. The fraction of sp³-hybridized carbons (Fsp3) is 0.909. The topological polar surface area (TPSA) is 61.8 Å². The van der Waals surface area contributed by atoms with Gasteiger partial charge in [-0.2, -0.15) is 0 Å². The Hall–Kier alpha value is -0.810. The van der Waals surface area contributed by atoms with Crippen LogP contribution in [0.25, 0.3) is 0 Å². The van der Waals surface area contributed by atoms with Crippen molar-refractivity contribution >= 4 is 6.09 Å². The molecule has 0 aliphatic carbocycles. The first-order chi connectivity index (χ1) is 7.30. The maximum atomic E-state index is 11.7. The maximum Gasteiger partial charge on any atom is 0.410 e. The highest BCUT2D eigenvalue weighted by Crippen LogP contribution is 2.31. The highest BCUT2D eigenvalue weighted by molar-refractivity contribution is 5.69. The standard InChI is InChI=1S/C11H20N2O3/c1-10(2,3)16-9(15)13-6-11(7-13)4-8(14)5-12-11/h8,12,14H,4-7H2,1-3H3. The number of nitrogens with zero attached hydrogens (tertiary/aromatic N) is 1. The zero-order chi connectivity index (χ0) is 12.0. The fourth-order valence-corrected chi connectivity index (χ4v) is 2.31. The minimum atomic E-state index is -0.442. The van der Waals surface area contributed by atoms with E-state index in [9.17, 15) is 9.90 Å². The molecule has 2 N–H and O–H groups in total. The van der Waals surface area contributed by atoms with Crippen LogP contribution < -0.4 is 5.32 Å². The van der Waals surface area contributed by atoms with E-state index in [1.165, 1.54) is 0 Å². The van der Waals surface area contributed by atoms with Gasteiger partial charge in [-0.05, 0) is 27.2 Å². The van der Waals surface area contributed by atoms with Crippen LogP contribution in [0.5, 0.6) is 0 Å². The zero-order valence-electron chi connectivity index (χ0n) is 10.1. The van der Waals surface area contributed by atoms with E-state index in [0.29, 0.717) is 19.6 Å². The number of nitrogens with one attached hydrogen (secondary N) is 1. The Labute approximate surface area is 95.8 Å². The van der Waals surface area contributed by atoms with Crippen LogP contribution in [0.2, 0.25) is 0 Å². The second-order valence-electron chi connectivity index (χ2n) is 5.86. The molecule has 5 heteroatoms. The Bertz CT molecular complexity index is 292. The van der Waals surface area contributed by atoms with Gasteiger partial charge in [0, 0.05) is 19.6 Å². The van der Waals surface area contributed by atoms with Crippen LogP contribution in [0.4, 0.5) is 4.79 Å². The van der Waals surface area contributed by atoms with Crippen LogP contribution in [0.15, 0.2) is 0 Å². The number of β-amino-alcohol motifs (C(OH)–C–C–N with tert-alkyl or cyclic N) is 1. The maximum absolute atomic E-state index is 11.7. The summed E-state index contributed by atoms with van der Waals surface area (Å²) in [5, 5.41) is 12.7. The zero-order valence-corrected chi connectivity index (χ0v) is 10.1. The summed E-state index contributed by atoms with van der Waals surface area (Å²) in [5.74, 6) is 0. The SMILES string of the molecule is CC(C)(C)OC(=O)N1CC2(CC(O)CN2)C1. The molecule has 2 aliphatic heterocycles. The highest BCUT2D eigenvalue weighted by atomic mass is 16.6. The first-order valence-corrected chi connectivity index (χ1v) is 5.71. The molecule has 0 radical (unpaired) electrons. The molecule has 1 amide bonds. The van der Waals surface area contributed by atoms with Crippen LogP contribution in [0.1, 0.15) is 27.2 Å². The van der Waals surface area contributed by atoms with Crippen molar-refractivity contribution in [2.45, 2.75) is 44.4 Å². The second-order valence-corrected chi connectivity index (χ2v) is 5.86. The van der Waals surface area contributed by atoms with E-state index in [1.54, 1.807) is 4.90 Å². The first kappa shape index (κ1) is 11.7. The molecule has 0 bridgehead atoms. The monoisotopic (exact) mass is 228 g/mol. The summed E-state index contributed by atoms with van der Waals surface area (Å²) in [6.07, 6.45) is 0.189. The van der Waals surface area contributed by atoms with Crippen LogP contribution >= 0.6 is 0 Å². The second kappa shape index (κ2) is 3.60. The average Bonchev–Trinajstić information content (AvgIpc) is 2.41. The molecule has 2 heterocycles. The molecule has 1 unspecified atom stereocenters. The largest absolute Gasteiger partial charge is 0.444 e. The molecule has 2 rings (SSSR count).